The summed E-state index contributed by atoms with van der Waals surface area (Å²) in [4.78, 5) is 8.69. The van der Waals surface area contributed by atoms with Crippen molar-refractivity contribution in [3.05, 3.63) is 11.9 Å². The highest BCUT2D eigenvalue weighted by Gasteiger charge is 2.33. The second-order valence-electron chi connectivity index (χ2n) is 7.84. The van der Waals surface area contributed by atoms with Gasteiger partial charge in [-0.2, -0.15) is 4.98 Å². The van der Waals surface area contributed by atoms with Gasteiger partial charge in [0.15, 0.2) is 11.5 Å². The number of imidazole rings is 1. The van der Waals surface area contributed by atoms with E-state index in [1.54, 1.807) is 0 Å². The zero-order chi connectivity index (χ0) is 18.0. The number of nitrogens with zero attached hydrogens (tertiary/aromatic N) is 4. The fourth-order valence-electron chi connectivity index (χ4n) is 3.62. The summed E-state index contributed by atoms with van der Waals surface area (Å²) < 4.78 is 7.65. The smallest absolute Gasteiger partial charge is 0.336 e. The molecule has 1 aliphatic rings. The van der Waals surface area contributed by atoms with Gasteiger partial charge in [-0.3, -0.25) is 0 Å². The van der Waals surface area contributed by atoms with Crippen LogP contribution in [-0.2, 0) is 6.42 Å². The Kier molecular flexibility index (Phi) is 5.13. The van der Waals surface area contributed by atoms with Gasteiger partial charge in [-0.25, -0.2) is 9.50 Å². The van der Waals surface area contributed by atoms with E-state index in [0.29, 0.717) is 23.4 Å². The van der Waals surface area contributed by atoms with Crippen LogP contribution >= 0.6 is 0 Å². The Morgan fingerprint density at radius 2 is 2.28 bits per heavy atom. The zero-order valence-corrected chi connectivity index (χ0v) is 15.7. The molecule has 138 valence electrons. The molecule has 25 heavy (non-hydrogen) atoms. The maximum atomic E-state index is 6.08. The lowest BCUT2D eigenvalue weighted by atomic mass is 9.72. The SMILES string of the molecule is CCC[C@H](C)Oc1nc(N)c2ncc(CC3CCNCC3(C)C)n2n1. The monoisotopic (exact) mass is 346 g/mol. The van der Waals surface area contributed by atoms with Gasteiger partial charge in [-0.05, 0) is 44.1 Å². The third-order valence-electron chi connectivity index (χ3n) is 5.25. The number of aromatic nitrogens is 4. The number of anilines is 1. The molecule has 0 aliphatic carbocycles. The lowest BCUT2D eigenvalue weighted by molar-refractivity contribution is 0.153. The third-order valence-corrected chi connectivity index (χ3v) is 5.25. The number of hydrogen-bond acceptors (Lipinski definition) is 6. The van der Waals surface area contributed by atoms with Crippen molar-refractivity contribution in [3.63, 3.8) is 0 Å². The Morgan fingerprint density at radius 3 is 3.00 bits per heavy atom. The summed E-state index contributed by atoms with van der Waals surface area (Å²) in [6.45, 7) is 10.9. The van der Waals surface area contributed by atoms with Gasteiger partial charge in [0.1, 0.15) is 0 Å². The van der Waals surface area contributed by atoms with Gasteiger partial charge < -0.3 is 15.8 Å². The molecule has 1 aliphatic heterocycles. The van der Waals surface area contributed by atoms with E-state index in [4.69, 9.17) is 10.5 Å². The molecule has 7 nitrogen and oxygen atoms in total. The predicted octanol–water partition coefficient (Wildman–Crippen LogP) is 2.45. The van der Waals surface area contributed by atoms with Gasteiger partial charge in [0.2, 0.25) is 0 Å². The predicted molar refractivity (Wildman–Crippen MR) is 98.7 cm³/mol. The first kappa shape index (κ1) is 17.9. The van der Waals surface area contributed by atoms with E-state index in [2.05, 4.69) is 41.2 Å². The molecule has 0 spiro atoms. The Hall–Kier alpha value is -1.89. The van der Waals surface area contributed by atoms with Crippen molar-refractivity contribution in [2.45, 2.75) is 59.5 Å². The number of fused-ring (bicyclic) bond motifs is 1. The molecule has 3 heterocycles. The molecule has 3 N–H and O–H groups in total. The molecule has 0 radical (unpaired) electrons. The minimum atomic E-state index is 0.0668. The Labute approximate surface area is 149 Å². The average Bonchev–Trinajstić information content (AvgIpc) is 2.93. The fourth-order valence-corrected chi connectivity index (χ4v) is 3.62. The van der Waals surface area contributed by atoms with Crippen molar-refractivity contribution >= 4 is 11.5 Å². The Morgan fingerprint density at radius 1 is 1.48 bits per heavy atom. The van der Waals surface area contributed by atoms with Gasteiger partial charge in [0.25, 0.3) is 0 Å². The maximum absolute atomic E-state index is 6.08. The van der Waals surface area contributed by atoms with E-state index >= 15 is 0 Å². The van der Waals surface area contributed by atoms with Gasteiger partial charge >= 0.3 is 6.01 Å². The minimum absolute atomic E-state index is 0.0668. The maximum Gasteiger partial charge on any atom is 0.336 e. The van der Waals surface area contributed by atoms with Crippen LogP contribution < -0.4 is 15.8 Å². The fraction of sp³-hybridized carbons (Fsp3) is 0.722. The van der Waals surface area contributed by atoms with Crippen LogP contribution in [0.25, 0.3) is 5.65 Å². The van der Waals surface area contributed by atoms with Crippen molar-refractivity contribution < 1.29 is 4.74 Å². The number of piperidine rings is 1. The van der Waals surface area contributed by atoms with E-state index in [-0.39, 0.29) is 11.5 Å². The molecule has 2 aromatic rings. The first-order valence-electron chi connectivity index (χ1n) is 9.28. The number of nitrogens with two attached hydrogens (primary N) is 1. The highest BCUT2D eigenvalue weighted by Crippen LogP contribution is 2.34. The second kappa shape index (κ2) is 7.15. The highest BCUT2D eigenvalue weighted by molar-refractivity contribution is 5.59. The molecule has 2 atom stereocenters. The molecule has 0 bridgehead atoms. The van der Waals surface area contributed by atoms with Gasteiger partial charge in [-0.1, -0.05) is 27.2 Å². The number of ether oxygens (including phenoxy) is 1. The lowest BCUT2D eigenvalue weighted by Gasteiger charge is -2.39. The van der Waals surface area contributed by atoms with Crippen molar-refractivity contribution in [1.29, 1.82) is 0 Å². The summed E-state index contributed by atoms with van der Waals surface area (Å²) in [6.07, 6.45) is 6.03. The summed E-state index contributed by atoms with van der Waals surface area (Å²) in [5, 5.41) is 8.04. The number of hydrogen-bond donors (Lipinski definition) is 2. The molecule has 3 rings (SSSR count). The molecule has 0 aromatic carbocycles. The summed E-state index contributed by atoms with van der Waals surface area (Å²) in [6, 6.07) is 0.328. The normalized spacial score (nSPS) is 21.4. The first-order valence-corrected chi connectivity index (χ1v) is 9.28. The van der Waals surface area contributed by atoms with Crippen molar-refractivity contribution in [1.82, 2.24) is 24.9 Å². The lowest BCUT2D eigenvalue weighted by Crippen LogP contribution is -2.43. The zero-order valence-electron chi connectivity index (χ0n) is 15.7. The topological polar surface area (TPSA) is 90.4 Å². The summed E-state index contributed by atoms with van der Waals surface area (Å²) in [5.41, 5.74) is 8.00. The highest BCUT2D eigenvalue weighted by atomic mass is 16.5. The van der Waals surface area contributed by atoms with Crippen LogP contribution in [0.5, 0.6) is 6.01 Å². The first-order chi connectivity index (χ1) is 11.9. The number of rotatable bonds is 6. The van der Waals surface area contributed by atoms with Crippen LogP contribution in [0, 0.1) is 11.3 Å². The van der Waals surface area contributed by atoms with E-state index in [0.717, 1.165) is 44.5 Å². The molecule has 0 amide bonds. The van der Waals surface area contributed by atoms with Crippen LogP contribution in [0.4, 0.5) is 5.82 Å². The van der Waals surface area contributed by atoms with E-state index in [1.807, 2.05) is 17.6 Å². The molecular formula is C18H30N6O. The van der Waals surface area contributed by atoms with Gasteiger partial charge in [0.05, 0.1) is 18.0 Å². The number of nitrogen functional groups attached to an aromatic ring is 1. The standard InChI is InChI=1S/C18H30N6O/c1-5-6-12(2)25-17-22-15(19)16-21-10-14(24(16)23-17)9-13-7-8-20-11-18(13,3)4/h10,12-13,20H,5-9,11H2,1-4H3,(H2,19,22,23)/t12-,13?/m0/s1. The average molecular weight is 346 g/mol. The molecule has 1 fully saturated rings. The van der Waals surface area contributed by atoms with Crippen LogP contribution in [0.3, 0.4) is 0 Å². The van der Waals surface area contributed by atoms with Crippen molar-refractivity contribution in [2.24, 2.45) is 11.3 Å². The van der Waals surface area contributed by atoms with Crippen molar-refractivity contribution in [2.75, 3.05) is 18.8 Å². The van der Waals surface area contributed by atoms with Gasteiger partial charge in [0, 0.05) is 6.54 Å². The van der Waals surface area contributed by atoms with Crippen molar-refractivity contribution in [3.8, 4) is 6.01 Å². The molecule has 1 unspecified atom stereocenters. The molecular weight excluding hydrogens is 316 g/mol. The third kappa shape index (κ3) is 3.86. The molecule has 2 aromatic heterocycles. The Bertz CT molecular complexity index is 726. The van der Waals surface area contributed by atoms with Crippen LogP contribution in [0.15, 0.2) is 6.20 Å². The van der Waals surface area contributed by atoms with Crippen LogP contribution in [0.2, 0.25) is 0 Å². The summed E-state index contributed by atoms with van der Waals surface area (Å²) in [5.74, 6) is 0.942. The van der Waals surface area contributed by atoms with Gasteiger partial charge in [-0.15, -0.1) is 5.10 Å². The minimum Gasteiger partial charge on any atom is -0.459 e. The van der Waals surface area contributed by atoms with Crippen LogP contribution in [-0.4, -0.2) is 38.8 Å². The number of nitrogens with one attached hydrogen (secondary N) is 1. The van der Waals surface area contributed by atoms with E-state index < -0.39 is 0 Å². The van der Waals surface area contributed by atoms with Crippen LogP contribution in [0.1, 0.15) is 52.7 Å². The quantitative estimate of drug-likeness (QED) is 0.835. The van der Waals surface area contributed by atoms with E-state index in [1.165, 1.54) is 0 Å². The largest absolute Gasteiger partial charge is 0.459 e. The molecule has 7 heteroatoms. The Balaban J connectivity index is 1.87. The molecule has 0 saturated carbocycles. The van der Waals surface area contributed by atoms with E-state index in [9.17, 15) is 0 Å². The summed E-state index contributed by atoms with van der Waals surface area (Å²) >= 11 is 0. The summed E-state index contributed by atoms with van der Waals surface area (Å²) in [7, 11) is 0. The second-order valence-corrected chi connectivity index (χ2v) is 7.84. The molecule has 1 saturated heterocycles.